The number of allylic oxidation sites excluding steroid dienone is 2. The molecule has 134 valence electrons. The Kier molecular flexibility index (Phi) is 16.1. The Morgan fingerprint density at radius 2 is 1.39 bits per heavy atom. The van der Waals surface area contributed by atoms with Gasteiger partial charge in [0.2, 0.25) is 5.91 Å². The predicted molar refractivity (Wildman–Crippen MR) is 95.5 cm³/mol. The molecule has 0 radical (unpaired) electrons. The summed E-state index contributed by atoms with van der Waals surface area (Å²) in [5, 5.41) is 11.1. The van der Waals surface area contributed by atoms with E-state index < -0.39 is 5.97 Å². The molecular weight excluding hydrogens is 290 g/mol. The highest BCUT2D eigenvalue weighted by Gasteiger charge is 2.02. The van der Waals surface area contributed by atoms with E-state index >= 15 is 0 Å². The Balaban J connectivity index is 3.22. The van der Waals surface area contributed by atoms with Gasteiger partial charge in [-0.15, -0.1) is 0 Å². The van der Waals surface area contributed by atoms with Gasteiger partial charge in [-0.2, -0.15) is 0 Å². The molecule has 4 heteroatoms. The highest BCUT2D eigenvalue weighted by Crippen LogP contribution is 2.08. The summed E-state index contributed by atoms with van der Waals surface area (Å²) in [6, 6.07) is 0. The molecule has 0 heterocycles. The second-order valence-corrected chi connectivity index (χ2v) is 6.12. The van der Waals surface area contributed by atoms with Crippen LogP contribution in [-0.2, 0) is 9.59 Å². The van der Waals surface area contributed by atoms with E-state index in [0.717, 1.165) is 12.8 Å². The number of unbranched alkanes of at least 4 members (excludes halogenated alkanes) is 9. The minimum atomic E-state index is -0.875. The smallest absolute Gasteiger partial charge is 0.305 e. The fourth-order valence-corrected chi connectivity index (χ4v) is 2.40. The molecular formula is C19H35NO3. The molecule has 0 fully saturated rings. The normalized spacial score (nSPS) is 11.0. The van der Waals surface area contributed by atoms with Crippen molar-refractivity contribution in [2.24, 2.45) is 0 Å². The standard InChI is InChI=1S/C19H35NO3/c1-2-3-4-5-6-7-8-9-10-11-12-13-14-15-18(21)20-17-16-19(22)23/h7-8H,2-6,9-17H2,1H3,(H,20,21)(H,22,23)/b8-7-. The lowest BCUT2D eigenvalue weighted by Gasteiger charge is -2.03. The van der Waals surface area contributed by atoms with Gasteiger partial charge in [0, 0.05) is 13.0 Å². The maximum absolute atomic E-state index is 11.4. The van der Waals surface area contributed by atoms with E-state index in [0.29, 0.717) is 6.42 Å². The summed E-state index contributed by atoms with van der Waals surface area (Å²) in [7, 11) is 0. The molecule has 0 saturated heterocycles. The fraction of sp³-hybridized carbons (Fsp3) is 0.789. The summed E-state index contributed by atoms with van der Waals surface area (Å²) in [6.45, 7) is 2.47. The first-order valence-electron chi connectivity index (χ1n) is 9.30. The Morgan fingerprint density at radius 3 is 2.00 bits per heavy atom. The van der Waals surface area contributed by atoms with Gasteiger partial charge in [-0.05, 0) is 32.1 Å². The molecule has 0 spiro atoms. The second-order valence-electron chi connectivity index (χ2n) is 6.12. The second kappa shape index (κ2) is 17.0. The number of carbonyl (C=O) groups is 2. The molecule has 0 aromatic carbocycles. The number of aliphatic carboxylic acids is 1. The van der Waals surface area contributed by atoms with Crippen LogP contribution in [0.4, 0.5) is 0 Å². The quantitative estimate of drug-likeness (QED) is 0.315. The zero-order valence-electron chi connectivity index (χ0n) is 14.8. The third kappa shape index (κ3) is 18.6. The molecule has 23 heavy (non-hydrogen) atoms. The number of nitrogens with one attached hydrogen (secondary N) is 1. The van der Waals surface area contributed by atoms with Crippen LogP contribution in [0, 0.1) is 0 Å². The average Bonchev–Trinajstić information content (AvgIpc) is 2.51. The van der Waals surface area contributed by atoms with E-state index in [1.807, 2.05) is 0 Å². The van der Waals surface area contributed by atoms with E-state index in [-0.39, 0.29) is 18.9 Å². The Morgan fingerprint density at radius 1 is 0.826 bits per heavy atom. The Bertz CT molecular complexity index is 327. The van der Waals surface area contributed by atoms with Gasteiger partial charge in [-0.1, -0.05) is 57.6 Å². The van der Waals surface area contributed by atoms with Crippen molar-refractivity contribution in [2.75, 3.05) is 6.54 Å². The summed E-state index contributed by atoms with van der Waals surface area (Å²) < 4.78 is 0. The molecule has 0 atom stereocenters. The lowest BCUT2D eigenvalue weighted by Crippen LogP contribution is -2.25. The number of rotatable bonds is 16. The van der Waals surface area contributed by atoms with Crippen molar-refractivity contribution < 1.29 is 14.7 Å². The SMILES string of the molecule is CCCCCC/C=C\CCCCCCCC(=O)NCCC(=O)O. The molecule has 0 aliphatic rings. The monoisotopic (exact) mass is 325 g/mol. The van der Waals surface area contributed by atoms with Crippen LogP contribution in [0.15, 0.2) is 12.2 Å². The van der Waals surface area contributed by atoms with Gasteiger partial charge in [0.05, 0.1) is 6.42 Å². The minimum Gasteiger partial charge on any atom is -0.481 e. The van der Waals surface area contributed by atoms with Crippen molar-refractivity contribution in [3.05, 3.63) is 12.2 Å². The van der Waals surface area contributed by atoms with Crippen molar-refractivity contribution >= 4 is 11.9 Å². The van der Waals surface area contributed by atoms with Crippen molar-refractivity contribution in [3.8, 4) is 0 Å². The van der Waals surface area contributed by atoms with Crippen LogP contribution in [0.3, 0.4) is 0 Å². The van der Waals surface area contributed by atoms with E-state index in [2.05, 4.69) is 24.4 Å². The summed E-state index contributed by atoms with van der Waals surface area (Å²) in [6.07, 6.45) is 18.4. The largest absolute Gasteiger partial charge is 0.481 e. The first-order valence-corrected chi connectivity index (χ1v) is 9.30. The molecule has 0 aromatic heterocycles. The van der Waals surface area contributed by atoms with Crippen molar-refractivity contribution in [1.82, 2.24) is 5.32 Å². The third-order valence-electron chi connectivity index (χ3n) is 3.83. The first kappa shape index (κ1) is 21.7. The van der Waals surface area contributed by atoms with Gasteiger partial charge < -0.3 is 10.4 Å². The van der Waals surface area contributed by atoms with Crippen LogP contribution in [-0.4, -0.2) is 23.5 Å². The predicted octanol–water partition coefficient (Wildman–Crippen LogP) is 4.83. The minimum absolute atomic E-state index is 0.00212. The summed E-state index contributed by atoms with van der Waals surface area (Å²) in [5.41, 5.74) is 0. The van der Waals surface area contributed by atoms with Crippen LogP contribution in [0.25, 0.3) is 0 Å². The van der Waals surface area contributed by atoms with E-state index in [4.69, 9.17) is 5.11 Å². The van der Waals surface area contributed by atoms with Gasteiger partial charge in [-0.3, -0.25) is 9.59 Å². The number of carbonyl (C=O) groups excluding carboxylic acids is 1. The number of hydrogen-bond acceptors (Lipinski definition) is 2. The maximum Gasteiger partial charge on any atom is 0.305 e. The van der Waals surface area contributed by atoms with Crippen LogP contribution in [0.2, 0.25) is 0 Å². The molecule has 0 rings (SSSR count). The third-order valence-corrected chi connectivity index (χ3v) is 3.83. The molecule has 0 saturated carbocycles. The molecule has 2 N–H and O–H groups in total. The highest BCUT2D eigenvalue weighted by molar-refractivity contribution is 5.76. The van der Waals surface area contributed by atoms with E-state index in [1.165, 1.54) is 57.8 Å². The number of amides is 1. The van der Waals surface area contributed by atoms with Crippen LogP contribution in [0.5, 0.6) is 0 Å². The number of hydrogen-bond donors (Lipinski definition) is 2. The van der Waals surface area contributed by atoms with Gasteiger partial charge in [0.1, 0.15) is 0 Å². The van der Waals surface area contributed by atoms with E-state index in [1.54, 1.807) is 0 Å². The molecule has 0 aliphatic heterocycles. The Labute approximate surface area is 141 Å². The first-order chi connectivity index (χ1) is 11.2. The topological polar surface area (TPSA) is 66.4 Å². The molecule has 0 aromatic rings. The van der Waals surface area contributed by atoms with Crippen molar-refractivity contribution in [3.63, 3.8) is 0 Å². The maximum atomic E-state index is 11.4. The molecule has 1 amide bonds. The molecule has 0 bridgehead atoms. The fourth-order valence-electron chi connectivity index (χ4n) is 2.40. The highest BCUT2D eigenvalue weighted by atomic mass is 16.4. The lowest BCUT2D eigenvalue weighted by molar-refractivity contribution is -0.136. The van der Waals surface area contributed by atoms with Crippen molar-refractivity contribution in [1.29, 1.82) is 0 Å². The van der Waals surface area contributed by atoms with Crippen LogP contribution < -0.4 is 5.32 Å². The van der Waals surface area contributed by atoms with Crippen LogP contribution >= 0.6 is 0 Å². The lowest BCUT2D eigenvalue weighted by atomic mass is 10.1. The number of carboxylic acids is 1. The molecule has 0 unspecified atom stereocenters. The van der Waals surface area contributed by atoms with Gasteiger partial charge in [0.25, 0.3) is 0 Å². The zero-order chi connectivity index (χ0) is 17.2. The van der Waals surface area contributed by atoms with Gasteiger partial charge in [0.15, 0.2) is 0 Å². The number of carboxylic acid groups (broad SMARTS) is 1. The zero-order valence-corrected chi connectivity index (χ0v) is 14.8. The van der Waals surface area contributed by atoms with Crippen LogP contribution in [0.1, 0.15) is 90.4 Å². The molecule has 0 aliphatic carbocycles. The van der Waals surface area contributed by atoms with Crippen molar-refractivity contribution in [2.45, 2.75) is 90.4 Å². The van der Waals surface area contributed by atoms with Gasteiger partial charge in [-0.25, -0.2) is 0 Å². The summed E-state index contributed by atoms with van der Waals surface area (Å²) >= 11 is 0. The summed E-state index contributed by atoms with van der Waals surface area (Å²) in [5.74, 6) is -0.905. The van der Waals surface area contributed by atoms with Gasteiger partial charge >= 0.3 is 5.97 Å². The Hall–Kier alpha value is -1.32. The average molecular weight is 325 g/mol. The summed E-state index contributed by atoms with van der Waals surface area (Å²) in [4.78, 5) is 21.7. The van der Waals surface area contributed by atoms with E-state index in [9.17, 15) is 9.59 Å². The molecule has 4 nitrogen and oxygen atoms in total.